The first-order valence-electron chi connectivity index (χ1n) is 17.4. The van der Waals surface area contributed by atoms with Crippen molar-refractivity contribution in [3.63, 3.8) is 0 Å². The number of Topliss-reactive ketones (excluding diaryl/α,β-unsaturated/α-hetero) is 2. The number of aryl methyl sites for hydroxylation is 2. The summed E-state index contributed by atoms with van der Waals surface area (Å²) in [7, 11) is 4.47. The van der Waals surface area contributed by atoms with E-state index in [0.29, 0.717) is 28.1 Å². The second-order valence-electron chi connectivity index (χ2n) is 14.6. The fourth-order valence-electron chi connectivity index (χ4n) is 8.83. The number of ether oxygens (including phenoxy) is 3. The monoisotopic (exact) mass is 765 g/mol. The number of carbonyl (C=O) groups is 2. The molecule has 0 saturated heterocycles. The highest BCUT2D eigenvalue weighted by Gasteiger charge is 2.67. The van der Waals surface area contributed by atoms with E-state index in [9.17, 15) is 42.3 Å². The molecule has 14 nitrogen and oxygen atoms in total. The fourth-order valence-corrected chi connectivity index (χ4v) is 8.83. The summed E-state index contributed by atoms with van der Waals surface area (Å²) in [6.45, 7) is 5.73. The molecule has 3 aliphatic rings. The minimum Gasteiger partial charge on any atom is -0.508 e. The highest BCUT2D eigenvalue weighted by molar-refractivity contribution is 6.17. The Labute approximate surface area is 310 Å². The predicted octanol–water partition coefficient (Wildman–Crippen LogP) is 4.09. The largest absolute Gasteiger partial charge is 0.573 e. The highest BCUT2D eigenvalue weighted by Crippen LogP contribution is 2.67. The van der Waals surface area contributed by atoms with Gasteiger partial charge in [-0.2, -0.15) is 0 Å². The summed E-state index contributed by atoms with van der Waals surface area (Å²) in [5.74, 6) is -2.41. The number of aromatic hydroxyl groups is 1. The highest BCUT2D eigenvalue weighted by atomic mass is 19.4. The van der Waals surface area contributed by atoms with Crippen LogP contribution >= 0.6 is 0 Å². The molecule has 17 heteroatoms. The van der Waals surface area contributed by atoms with Gasteiger partial charge in [0.1, 0.15) is 17.2 Å². The number of aromatic nitrogens is 5. The van der Waals surface area contributed by atoms with Crippen LogP contribution in [0.2, 0.25) is 0 Å². The van der Waals surface area contributed by atoms with Crippen molar-refractivity contribution >= 4 is 22.6 Å². The number of ketones is 2. The first-order chi connectivity index (χ1) is 25.8. The maximum absolute atomic E-state index is 14.4. The van der Waals surface area contributed by atoms with Gasteiger partial charge in [-0.05, 0) is 55.2 Å². The number of phenols is 1. The van der Waals surface area contributed by atoms with E-state index in [1.165, 1.54) is 42.0 Å². The Morgan fingerprint density at radius 3 is 2.25 bits per heavy atom. The van der Waals surface area contributed by atoms with Gasteiger partial charge < -0.3 is 23.9 Å². The molecule has 1 fully saturated rings. The number of hydrogen-bond donors (Lipinski definition) is 1. The summed E-state index contributed by atoms with van der Waals surface area (Å²) >= 11 is 0. The van der Waals surface area contributed by atoms with Crippen LogP contribution in [0.1, 0.15) is 57.3 Å². The van der Waals surface area contributed by atoms with Crippen molar-refractivity contribution in [1.82, 2.24) is 23.5 Å². The Morgan fingerprint density at radius 2 is 1.60 bits per heavy atom. The van der Waals surface area contributed by atoms with Crippen molar-refractivity contribution in [3.8, 4) is 23.0 Å². The van der Waals surface area contributed by atoms with Crippen molar-refractivity contribution in [1.29, 1.82) is 0 Å². The van der Waals surface area contributed by atoms with Crippen molar-refractivity contribution in [2.45, 2.75) is 71.9 Å². The van der Waals surface area contributed by atoms with Crippen LogP contribution in [0.5, 0.6) is 23.0 Å². The molecule has 0 spiro atoms. The number of alkyl halides is 3. The molecule has 0 bridgehead atoms. The van der Waals surface area contributed by atoms with E-state index in [2.05, 4.69) is 9.72 Å². The fraction of sp³-hybridized carbons (Fsp3) is 0.421. The third kappa shape index (κ3) is 5.37. The molecule has 3 heterocycles. The van der Waals surface area contributed by atoms with E-state index in [1.807, 2.05) is 0 Å². The van der Waals surface area contributed by atoms with Crippen molar-refractivity contribution in [2.75, 3.05) is 14.2 Å². The van der Waals surface area contributed by atoms with Gasteiger partial charge in [-0.25, -0.2) is 28.5 Å². The zero-order valence-electron chi connectivity index (χ0n) is 31.0. The molecule has 1 N–H and O–H groups in total. The Kier molecular flexibility index (Phi) is 8.58. The summed E-state index contributed by atoms with van der Waals surface area (Å²) in [6.07, 6.45) is -3.70. The molecular weight excluding hydrogens is 727 g/mol. The van der Waals surface area contributed by atoms with Gasteiger partial charge in [0.15, 0.2) is 23.1 Å². The zero-order valence-corrected chi connectivity index (χ0v) is 31.0. The minimum atomic E-state index is -5.07. The van der Waals surface area contributed by atoms with Crippen LogP contribution in [-0.4, -0.2) is 60.7 Å². The van der Waals surface area contributed by atoms with Gasteiger partial charge in [-0.3, -0.25) is 14.4 Å². The second kappa shape index (κ2) is 12.6. The molecule has 2 aliphatic carbocycles. The molecular formula is C38H38F3N5O9. The molecule has 55 heavy (non-hydrogen) atoms. The lowest BCUT2D eigenvalue weighted by molar-refractivity contribution is -0.274. The minimum absolute atomic E-state index is 0.0721. The van der Waals surface area contributed by atoms with Crippen LogP contribution in [0.25, 0.3) is 11.0 Å². The van der Waals surface area contributed by atoms with Gasteiger partial charge in [0.25, 0.3) is 5.56 Å². The molecule has 2 aromatic carbocycles. The average molecular weight is 766 g/mol. The lowest BCUT2D eigenvalue weighted by atomic mass is 9.43. The van der Waals surface area contributed by atoms with E-state index in [-0.39, 0.29) is 48.3 Å². The summed E-state index contributed by atoms with van der Waals surface area (Å²) in [6, 6.07) is 5.11. The second-order valence-corrected chi connectivity index (χ2v) is 14.6. The Morgan fingerprint density at radius 1 is 0.945 bits per heavy atom. The number of halogens is 3. The topological polar surface area (TPSA) is 166 Å². The number of methoxy groups -OCH3 is 2. The Bertz CT molecular complexity index is 2590. The van der Waals surface area contributed by atoms with E-state index >= 15 is 0 Å². The van der Waals surface area contributed by atoms with E-state index < -0.39 is 69.2 Å². The molecule has 2 aromatic heterocycles. The standard InChI is InChI=1S/C38H38F3N5O9/c1-18-19(2)32(49)37(4)30(22-14-20(8-9-27(22)47)55-38(39,40)41)21-10-13-45-34(51)44(35(52)46(45)26(21)17-36(37,3)31(18)48)12-11-23-33(50)43(5)25-16-29(54-7)28(53-6)15-24(25)42-23/h8-10,14-16,26,30,47H,11-13,17H2,1-7H3/t26-,30-,36+,37-/m1/s1. The number of carbonyl (C=O) groups excluding carboxylic acids is 2. The first-order valence-corrected chi connectivity index (χ1v) is 17.4. The Hall–Kier alpha value is -5.87. The third-order valence-corrected chi connectivity index (χ3v) is 12.0. The van der Waals surface area contributed by atoms with Gasteiger partial charge in [0, 0.05) is 49.0 Å². The van der Waals surface area contributed by atoms with Crippen LogP contribution in [0, 0.1) is 10.8 Å². The summed E-state index contributed by atoms with van der Waals surface area (Å²) < 4.78 is 59.8. The molecule has 7 rings (SSSR count). The SMILES string of the molecule is COc1cc2nc(CCn3c(=O)n4n(c3=O)[C@@H]3C[C@@]5(C)C(=O)C(C)=C(C)C(=O)[C@@]5(C)[C@@H](c5cc(OC(F)(F)F)ccc5O)C3=CC4)c(=O)n(C)c2cc1OC. The quantitative estimate of drug-likeness (QED) is 0.271. The molecule has 290 valence electrons. The number of phenolic OH excluding ortho intramolecular Hbond substituents is 1. The number of hydrogen-bond acceptors (Lipinski definition) is 10. The maximum atomic E-state index is 14.4. The van der Waals surface area contributed by atoms with Crippen LogP contribution in [-0.2, 0) is 36.1 Å². The maximum Gasteiger partial charge on any atom is 0.573 e. The van der Waals surface area contributed by atoms with Crippen LogP contribution in [0.3, 0.4) is 0 Å². The van der Waals surface area contributed by atoms with Crippen LogP contribution in [0.15, 0.2) is 67.5 Å². The predicted molar refractivity (Wildman–Crippen MR) is 191 cm³/mol. The third-order valence-electron chi connectivity index (χ3n) is 12.0. The number of rotatable bonds is 7. The summed E-state index contributed by atoms with van der Waals surface area (Å²) in [4.78, 5) is 74.9. The van der Waals surface area contributed by atoms with E-state index in [0.717, 1.165) is 22.8 Å². The molecule has 4 atom stereocenters. The lowest BCUT2D eigenvalue weighted by Gasteiger charge is -2.58. The van der Waals surface area contributed by atoms with Crippen molar-refractivity contribution < 1.29 is 42.1 Å². The molecule has 0 radical (unpaired) electrons. The van der Waals surface area contributed by atoms with Gasteiger partial charge in [0.05, 0.1) is 43.3 Å². The normalized spacial score (nSPS) is 23.6. The van der Waals surface area contributed by atoms with E-state index in [4.69, 9.17) is 9.47 Å². The lowest BCUT2D eigenvalue weighted by Crippen LogP contribution is -2.61. The van der Waals surface area contributed by atoms with Crippen LogP contribution < -0.4 is 31.1 Å². The van der Waals surface area contributed by atoms with Gasteiger partial charge in [-0.15, -0.1) is 13.2 Å². The molecule has 0 unspecified atom stereocenters. The van der Waals surface area contributed by atoms with Gasteiger partial charge in [0.2, 0.25) is 0 Å². The first kappa shape index (κ1) is 37.4. The smallest absolute Gasteiger partial charge is 0.508 e. The van der Waals surface area contributed by atoms with Gasteiger partial charge in [-0.1, -0.05) is 19.9 Å². The van der Waals surface area contributed by atoms with Crippen molar-refractivity contribution in [2.24, 2.45) is 17.9 Å². The summed E-state index contributed by atoms with van der Waals surface area (Å²) in [5.41, 5.74) is -3.57. The average Bonchev–Trinajstić information content (AvgIpc) is 3.39. The van der Waals surface area contributed by atoms with Crippen molar-refractivity contribution in [3.05, 3.63) is 95.7 Å². The number of allylic oxidation sites excluding steroid dienone is 4. The van der Waals surface area contributed by atoms with Gasteiger partial charge >= 0.3 is 17.7 Å². The number of fused-ring (bicyclic) bond motifs is 5. The molecule has 1 saturated carbocycles. The molecule has 0 amide bonds. The zero-order chi connectivity index (χ0) is 40.1. The number of benzene rings is 2. The van der Waals surface area contributed by atoms with Crippen LogP contribution in [0.4, 0.5) is 13.2 Å². The molecule has 4 aromatic rings. The molecule has 1 aliphatic heterocycles. The Balaban J connectivity index is 1.35. The number of nitrogens with zero attached hydrogens (tertiary/aromatic N) is 5. The summed E-state index contributed by atoms with van der Waals surface area (Å²) in [5, 5.41) is 11.2. The van der Waals surface area contributed by atoms with E-state index in [1.54, 1.807) is 39.1 Å².